The third-order valence-corrected chi connectivity index (χ3v) is 3.22. The fourth-order valence-corrected chi connectivity index (χ4v) is 2.32. The summed E-state index contributed by atoms with van der Waals surface area (Å²) >= 11 is 0. The van der Waals surface area contributed by atoms with E-state index in [4.69, 9.17) is 4.74 Å². The van der Waals surface area contributed by atoms with Crippen LogP contribution >= 0.6 is 0 Å². The molecule has 4 nitrogen and oxygen atoms in total. The van der Waals surface area contributed by atoms with Crippen molar-refractivity contribution in [1.29, 1.82) is 0 Å². The zero-order chi connectivity index (χ0) is 11.5. The largest absolute Gasteiger partial charge is 0.396 e. The topological polar surface area (TPSA) is 47.3 Å². The average molecular weight is 224 g/mol. The molecule has 2 atom stereocenters. The van der Waals surface area contributed by atoms with Crippen molar-refractivity contribution in [2.75, 3.05) is 13.2 Å². The summed E-state index contributed by atoms with van der Waals surface area (Å²) in [5, 5.41) is 9.38. The van der Waals surface area contributed by atoms with Crippen molar-refractivity contribution in [2.24, 2.45) is 5.92 Å². The molecule has 2 rings (SSSR count). The van der Waals surface area contributed by atoms with E-state index in [9.17, 15) is 5.11 Å². The molecule has 1 fully saturated rings. The van der Waals surface area contributed by atoms with Gasteiger partial charge in [0.2, 0.25) is 0 Å². The average Bonchev–Trinajstić information content (AvgIpc) is 2.77. The normalized spacial score (nSPS) is 26.2. The van der Waals surface area contributed by atoms with E-state index in [2.05, 4.69) is 23.4 Å². The zero-order valence-electron chi connectivity index (χ0n) is 9.97. The van der Waals surface area contributed by atoms with Gasteiger partial charge in [-0.1, -0.05) is 0 Å². The third-order valence-electron chi connectivity index (χ3n) is 3.22. The Bertz CT molecular complexity index is 336. The van der Waals surface area contributed by atoms with E-state index < -0.39 is 0 Å². The van der Waals surface area contributed by atoms with Gasteiger partial charge in [0.25, 0.3) is 0 Å². The van der Waals surface area contributed by atoms with E-state index in [0.29, 0.717) is 6.04 Å². The van der Waals surface area contributed by atoms with Crippen molar-refractivity contribution < 1.29 is 9.84 Å². The Morgan fingerprint density at radius 2 is 2.44 bits per heavy atom. The number of imidazole rings is 1. The molecule has 0 amide bonds. The van der Waals surface area contributed by atoms with Gasteiger partial charge in [-0.15, -0.1) is 0 Å². The number of rotatable bonds is 3. The van der Waals surface area contributed by atoms with Gasteiger partial charge in [-0.3, -0.25) is 0 Å². The molecule has 2 heterocycles. The van der Waals surface area contributed by atoms with Crippen molar-refractivity contribution in [1.82, 2.24) is 9.55 Å². The van der Waals surface area contributed by atoms with Crippen LogP contribution in [0.5, 0.6) is 0 Å². The highest BCUT2D eigenvalue weighted by atomic mass is 16.5. The summed E-state index contributed by atoms with van der Waals surface area (Å²) in [5.41, 5.74) is 1.09. The van der Waals surface area contributed by atoms with Crippen LogP contribution in [0.4, 0.5) is 0 Å². The molecule has 0 radical (unpaired) electrons. The van der Waals surface area contributed by atoms with Crippen molar-refractivity contribution in [3.8, 4) is 0 Å². The number of aliphatic hydroxyl groups is 1. The van der Waals surface area contributed by atoms with Gasteiger partial charge in [0.05, 0.1) is 18.2 Å². The summed E-state index contributed by atoms with van der Waals surface area (Å²) in [4.78, 5) is 4.19. The van der Waals surface area contributed by atoms with Crippen molar-refractivity contribution >= 4 is 0 Å². The Labute approximate surface area is 96.3 Å². The fraction of sp³-hybridized carbons (Fsp3) is 0.750. The molecule has 1 aliphatic rings. The molecule has 16 heavy (non-hydrogen) atoms. The van der Waals surface area contributed by atoms with Gasteiger partial charge in [-0.2, -0.15) is 0 Å². The van der Waals surface area contributed by atoms with E-state index in [1.807, 2.05) is 12.5 Å². The van der Waals surface area contributed by atoms with Crippen LogP contribution in [-0.2, 0) is 4.74 Å². The number of hydrogen-bond donors (Lipinski definition) is 1. The summed E-state index contributed by atoms with van der Waals surface area (Å²) in [7, 11) is 0. The van der Waals surface area contributed by atoms with Gasteiger partial charge in [0, 0.05) is 25.2 Å². The predicted molar refractivity (Wildman–Crippen MR) is 61.1 cm³/mol. The molecule has 90 valence electrons. The molecule has 1 saturated heterocycles. The first-order valence-electron chi connectivity index (χ1n) is 5.98. The van der Waals surface area contributed by atoms with Crippen molar-refractivity contribution in [2.45, 2.75) is 38.8 Å². The van der Waals surface area contributed by atoms with Crippen LogP contribution in [0.15, 0.2) is 12.5 Å². The molecule has 0 saturated carbocycles. The van der Waals surface area contributed by atoms with Crippen LogP contribution in [0, 0.1) is 5.92 Å². The standard InChI is InChI=1S/C12H20N2O2/c1-9(2)14-8-13-6-11(14)12-10(7-15)4-3-5-16-12/h6,8-10,12,15H,3-5,7H2,1-2H3. The molecule has 0 aliphatic carbocycles. The van der Waals surface area contributed by atoms with Crippen LogP contribution in [0.1, 0.15) is 44.5 Å². The van der Waals surface area contributed by atoms with Crippen LogP contribution < -0.4 is 0 Å². The molecule has 2 unspecified atom stereocenters. The Kier molecular flexibility index (Phi) is 3.61. The molecule has 0 spiro atoms. The molecule has 1 N–H and O–H groups in total. The second kappa shape index (κ2) is 4.97. The highest BCUT2D eigenvalue weighted by molar-refractivity contribution is 5.07. The quantitative estimate of drug-likeness (QED) is 0.853. The maximum Gasteiger partial charge on any atom is 0.104 e. The molecule has 1 aromatic rings. The van der Waals surface area contributed by atoms with Gasteiger partial charge in [0.1, 0.15) is 6.10 Å². The van der Waals surface area contributed by atoms with Gasteiger partial charge in [-0.05, 0) is 26.7 Å². The molecule has 1 aliphatic heterocycles. The Balaban J connectivity index is 2.23. The van der Waals surface area contributed by atoms with Crippen LogP contribution in [0.3, 0.4) is 0 Å². The molecular weight excluding hydrogens is 204 g/mol. The number of nitrogens with zero attached hydrogens (tertiary/aromatic N) is 2. The van der Waals surface area contributed by atoms with Gasteiger partial charge < -0.3 is 14.4 Å². The van der Waals surface area contributed by atoms with Gasteiger partial charge >= 0.3 is 0 Å². The number of ether oxygens (including phenoxy) is 1. The number of hydrogen-bond acceptors (Lipinski definition) is 3. The number of aliphatic hydroxyl groups excluding tert-OH is 1. The first-order valence-corrected chi connectivity index (χ1v) is 5.98. The molecule has 0 aromatic carbocycles. The summed E-state index contributed by atoms with van der Waals surface area (Å²) in [6.07, 6.45) is 5.77. The van der Waals surface area contributed by atoms with Crippen molar-refractivity contribution in [3.05, 3.63) is 18.2 Å². The van der Waals surface area contributed by atoms with E-state index in [1.165, 1.54) is 0 Å². The molecular formula is C12H20N2O2. The fourth-order valence-electron chi connectivity index (χ4n) is 2.32. The SMILES string of the molecule is CC(C)n1cncc1C1OCCCC1CO. The van der Waals surface area contributed by atoms with E-state index >= 15 is 0 Å². The second-order valence-corrected chi connectivity index (χ2v) is 4.70. The van der Waals surface area contributed by atoms with Crippen molar-refractivity contribution in [3.63, 3.8) is 0 Å². The Hall–Kier alpha value is -0.870. The van der Waals surface area contributed by atoms with E-state index in [-0.39, 0.29) is 18.6 Å². The number of aromatic nitrogens is 2. The first kappa shape index (κ1) is 11.6. The third kappa shape index (κ3) is 2.13. The van der Waals surface area contributed by atoms with Crippen LogP contribution in [-0.4, -0.2) is 27.9 Å². The predicted octanol–water partition coefficient (Wildman–Crippen LogP) is 1.92. The minimum Gasteiger partial charge on any atom is -0.396 e. The summed E-state index contributed by atoms with van der Waals surface area (Å²) in [6, 6.07) is 0.377. The van der Waals surface area contributed by atoms with Gasteiger partial charge in [0.15, 0.2) is 0 Å². The second-order valence-electron chi connectivity index (χ2n) is 4.70. The maximum absolute atomic E-state index is 9.38. The summed E-state index contributed by atoms with van der Waals surface area (Å²) in [6.45, 7) is 5.22. The Morgan fingerprint density at radius 3 is 3.12 bits per heavy atom. The monoisotopic (exact) mass is 224 g/mol. The molecule has 4 heteroatoms. The lowest BCUT2D eigenvalue weighted by Gasteiger charge is -2.31. The molecule has 0 bridgehead atoms. The maximum atomic E-state index is 9.38. The zero-order valence-corrected chi connectivity index (χ0v) is 9.97. The minimum atomic E-state index is 0.00338. The van der Waals surface area contributed by atoms with Gasteiger partial charge in [-0.25, -0.2) is 4.98 Å². The lowest BCUT2D eigenvalue weighted by atomic mass is 9.93. The highest BCUT2D eigenvalue weighted by Gasteiger charge is 2.29. The summed E-state index contributed by atoms with van der Waals surface area (Å²) in [5.74, 6) is 0.211. The van der Waals surface area contributed by atoms with Crippen LogP contribution in [0.2, 0.25) is 0 Å². The lowest BCUT2D eigenvalue weighted by molar-refractivity contribution is -0.0500. The lowest BCUT2D eigenvalue weighted by Crippen LogP contribution is -2.27. The van der Waals surface area contributed by atoms with E-state index in [0.717, 1.165) is 25.1 Å². The van der Waals surface area contributed by atoms with E-state index in [1.54, 1.807) is 0 Å². The minimum absolute atomic E-state index is 0.00338. The van der Waals surface area contributed by atoms with Crippen LogP contribution in [0.25, 0.3) is 0 Å². The smallest absolute Gasteiger partial charge is 0.104 e. The summed E-state index contributed by atoms with van der Waals surface area (Å²) < 4.78 is 7.92. The Morgan fingerprint density at radius 1 is 1.62 bits per heavy atom. The first-order chi connectivity index (χ1) is 7.74. The molecule has 1 aromatic heterocycles. The highest BCUT2D eigenvalue weighted by Crippen LogP contribution is 2.33.